The number of β-lactam (4-membered cyclic amide) rings is 1. The van der Waals surface area contributed by atoms with Gasteiger partial charge in [0.2, 0.25) is 5.91 Å². The van der Waals surface area contributed by atoms with Crippen LogP contribution in [0, 0.1) is 24.5 Å². The first-order valence-electron chi connectivity index (χ1n) is 10.0. The van der Waals surface area contributed by atoms with E-state index in [2.05, 4.69) is 0 Å². The third-order valence-corrected chi connectivity index (χ3v) is 5.74. The Morgan fingerprint density at radius 3 is 2.07 bits per heavy atom. The van der Waals surface area contributed by atoms with E-state index < -0.39 is 6.10 Å². The van der Waals surface area contributed by atoms with E-state index in [-0.39, 0.29) is 29.5 Å². The molecule has 1 fully saturated rings. The summed E-state index contributed by atoms with van der Waals surface area (Å²) in [6, 6.07) is 19.5. The second kappa shape index (κ2) is 8.36. The minimum absolute atomic E-state index is 0.0431. The molecule has 1 amide bonds. The first-order chi connectivity index (χ1) is 14.4. The Labute approximate surface area is 174 Å². The number of rotatable bonds is 6. The number of benzene rings is 3. The van der Waals surface area contributed by atoms with Crippen LogP contribution in [-0.2, 0) is 4.79 Å². The minimum Gasteiger partial charge on any atom is -0.388 e. The smallest absolute Gasteiger partial charge is 0.233 e. The molecule has 1 aliphatic heterocycles. The predicted octanol–water partition coefficient (Wildman–Crippen LogP) is 5.49. The Balaban J connectivity index is 1.55. The van der Waals surface area contributed by atoms with Gasteiger partial charge in [0.15, 0.2) is 0 Å². The largest absolute Gasteiger partial charge is 0.388 e. The maximum absolute atomic E-state index is 13.4. The summed E-state index contributed by atoms with van der Waals surface area (Å²) < 4.78 is 26.5. The van der Waals surface area contributed by atoms with Gasteiger partial charge in [0.05, 0.1) is 18.1 Å². The molecule has 3 aromatic carbocycles. The van der Waals surface area contributed by atoms with Crippen LogP contribution in [0.4, 0.5) is 14.5 Å². The quantitative estimate of drug-likeness (QED) is 0.549. The summed E-state index contributed by atoms with van der Waals surface area (Å²) in [5.41, 5.74) is 3.42. The molecule has 5 heteroatoms. The number of halogens is 2. The SMILES string of the molecule is Cc1ccc([C@@H]2C(CC[C@H](O)c3ccc(F)cc3)C(=O)N2c2ccc(F)cc2)cc1. The molecule has 0 bridgehead atoms. The fourth-order valence-electron chi connectivity index (χ4n) is 4.05. The van der Waals surface area contributed by atoms with Gasteiger partial charge in [-0.2, -0.15) is 0 Å². The van der Waals surface area contributed by atoms with E-state index in [1.54, 1.807) is 29.2 Å². The molecular formula is C25H23F2NO2. The first-order valence-corrected chi connectivity index (χ1v) is 10.0. The summed E-state index contributed by atoms with van der Waals surface area (Å²) in [6.07, 6.45) is 0.117. The second-order valence-electron chi connectivity index (χ2n) is 7.79. The molecule has 0 saturated carbocycles. The lowest BCUT2D eigenvalue weighted by molar-refractivity contribution is -0.131. The molecule has 1 N–H and O–H groups in total. The lowest BCUT2D eigenvalue weighted by Crippen LogP contribution is -2.55. The summed E-state index contributed by atoms with van der Waals surface area (Å²) in [4.78, 5) is 14.7. The Kier molecular flexibility index (Phi) is 5.64. The van der Waals surface area contributed by atoms with Crippen LogP contribution in [0.5, 0.6) is 0 Å². The molecule has 154 valence electrons. The highest BCUT2D eigenvalue weighted by atomic mass is 19.1. The van der Waals surface area contributed by atoms with Gasteiger partial charge in [-0.3, -0.25) is 4.79 Å². The molecule has 30 heavy (non-hydrogen) atoms. The molecule has 1 saturated heterocycles. The normalized spacial score (nSPS) is 19.5. The summed E-state index contributed by atoms with van der Waals surface area (Å²) in [5, 5.41) is 10.5. The summed E-state index contributed by atoms with van der Waals surface area (Å²) in [7, 11) is 0. The van der Waals surface area contributed by atoms with Crippen molar-refractivity contribution in [2.24, 2.45) is 5.92 Å². The van der Waals surface area contributed by atoms with Crippen LogP contribution in [0.3, 0.4) is 0 Å². The van der Waals surface area contributed by atoms with E-state index in [0.29, 0.717) is 24.1 Å². The molecule has 3 atom stereocenters. The molecule has 1 heterocycles. The van der Waals surface area contributed by atoms with Crippen LogP contribution in [0.15, 0.2) is 72.8 Å². The molecule has 1 unspecified atom stereocenters. The molecule has 0 aromatic heterocycles. The van der Waals surface area contributed by atoms with Crippen LogP contribution in [0.2, 0.25) is 0 Å². The molecule has 4 rings (SSSR count). The topological polar surface area (TPSA) is 40.5 Å². The van der Waals surface area contributed by atoms with Gasteiger partial charge in [-0.15, -0.1) is 0 Å². The number of aryl methyl sites for hydroxylation is 1. The maximum atomic E-state index is 13.4. The number of carbonyl (C=O) groups is 1. The molecule has 0 spiro atoms. The Morgan fingerprint density at radius 2 is 1.47 bits per heavy atom. The van der Waals surface area contributed by atoms with Crippen LogP contribution in [0.1, 0.15) is 41.7 Å². The van der Waals surface area contributed by atoms with Gasteiger partial charge < -0.3 is 10.0 Å². The van der Waals surface area contributed by atoms with Crippen molar-refractivity contribution >= 4 is 11.6 Å². The van der Waals surface area contributed by atoms with Gasteiger partial charge in [-0.25, -0.2) is 8.78 Å². The van der Waals surface area contributed by atoms with Gasteiger partial charge in [-0.1, -0.05) is 42.0 Å². The van der Waals surface area contributed by atoms with Crippen molar-refractivity contribution in [1.29, 1.82) is 0 Å². The third-order valence-electron chi connectivity index (χ3n) is 5.74. The highest BCUT2D eigenvalue weighted by Gasteiger charge is 2.48. The van der Waals surface area contributed by atoms with Gasteiger partial charge in [-0.05, 0) is 67.3 Å². The van der Waals surface area contributed by atoms with Crippen LogP contribution >= 0.6 is 0 Å². The highest BCUT2D eigenvalue weighted by Crippen LogP contribution is 2.46. The zero-order valence-corrected chi connectivity index (χ0v) is 16.6. The number of anilines is 1. The van der Waals surface area contributed by atoms with Crippen LogP contribution in [-0.4, -0.2) is 11.0 Å². The van der Waals surface area contributed by atoms with Crippen molar-refractivity contribution in [3.63, 3.8) is 0 Å². The summed E-state index contributed by atoms with van der Waals surface area (Å²) >= 11 is 0. The first kappa shape index (κ1) is 20.2. The number of carbonyl (C=O) groups excluding carboxylic acids is 1. The fraction of sp³-hybridized carbons (Fsp3) is 0.240. The Hall–Kier alpha value is -3.05. The van der Waals surface area contributed by atoms with Crippen molar-refractivity contribution < 1.29 is 18.7 Å². The molecular weight excluding hydrogens is 384 g/mol. The summed E-state index contributed by atoms with van der Waals surface area (Å²) in [5.74, 6) is -1.03. The monoisotopic (exact) mass is 407 g/mol. The van der Waals surface area contributed by atoms with E-state index in [1.807, 2.05) is 31.2 Å². The van der Waals surface area contributed by atoms with Crippen molar-refractivity contribution in [1.82, 2.24) is 0 Å². The van der Waals surface area contributed by atoms with E-state index in [4.69, 9.17) is 0 Å². The Bertz CT molecular complexity index is 1020. The standard InChI is InChI=1S/C25H23F2NO2/c1-16-2-4-18(5-3-16)24-22(14-15-23(29)17-6-8-19(26)9-7-17)25(30)28(24)21-12-10-20(27)11-13-21/h2-13,22-24,29H,14-15H2,1H3/t22?,23-,24+/m0/s1. The maximum Gasteiger partial charge on any atom is 0.233 e. The highest BCUT2D eigenvalue weighted by molar-refractivity contribution is 6.03. The van der Waals surface area contributed by atoms with Gasteiger partial charge >= 0.3 is 0 Å². The van der Waals surface area contributed by atoms with Gasteiger partial charge in [0, 0.05) is 5.69 Å². The number of aliphatic hydroxyl groups excluding tert-OH is 1. The van der Waals surface area contributed by atoms with Crippen LogP contribution in [0.25, 0.3) is 0 Å². The summed E-state index contributed by atoms with van der Waals surface area (Å²) in [6.45, 7) is 2.00. The minimum atomic E-state index is -0.767. The lowest BCUT2D eigenvalue weighted by Gasteiger charge is -2.48. The molecule has 1 aliphatic rings. The predicted molar refractivity (Wildman–Crippen MR) is 112 cm³/mol. The molecule has 3 aromatic rings. The van der Waals surface area contributed by atoms with E-state index in [0.717, 1.165) is 11.1 Å². The molecule has 0 aliphatic carbocycles. The van der Waals surface area contributed by atoms with Crippen molar-refractivity contribution in [3.05, 3.63) is 101 Å². The number of hydrogen-bond donors (Lipinski definition) is 1. The molecule has 3 nitrogen and oxygen atoms in total. The average Bonchev–Trinajstić information content (AvgIpc) is 2.74. The number of nitrogens with zero attached hydrogens (tertiary/aromatic N) is 1. The third kappa shape index (κ3) is 3.98. The molecule has 0 radical (unpaired) electrons. The zero-order valence-electron chi connectivity index (χ0n) is 16.6. The second-order valence-corrected chi connectivity index (χ2v) is 7.79. The van der Waals surface area contributed by atoms with E-state index in [1.165, 1.54) is 24.3 Å². The van der Waals surface area contributed by atoms with Crippen molar-refractivity contribution in [3.8, 4) is 0 Å². The van der Waals surface area contributed by atoms with Gasteiger partial charge in [0.1, 0.15) is 11.6 Å². The number of hydrogen-bond acceptors (Lipinski definition) is 2. The number of aliphatic hydroxyl groups is 1. The Morgan fingerprint density at radius 1 is 0.900 bits per heavy atom. The van der Waals surface area contributed by atoms with Gasteiger partial charge in [0.25, 0.3) is 0 Å². The number of amides is 1. The lowest BCUT2D eigenvalue weighted by atomic mass is 9.78. The zero-order chi connectivity index (χ0) is 21.3. The average molecular weight is 407 g/mol. The van der Waals surface area contributed by atoms with E-state index >= 15 is 0 Å². The fourth-order valence-corrected chi connectivity index (χ4v) is 4.05. The van der Waals surface area contributed by atoms with Crippen LogP contribution < -0.4 is 4.90 Å². The van der Waals surface area contributed by atoms with Crippen molar-refractivity contribution in [2.45, 2.75) is 31.9 Å². The van der Waals surface area contributed by atoms with Crippen molar-refractivity contribution in [2.75, 3.05) is 4.90 Å². The van der Waals surface area contributed by atoms with E-state index in [9.17, 15) is 18.7 Å².